The molecule has 188 valence electrons. The van der Waals surface area contributed by atoms with Gasteiger partial charge in [-0.1, -0.05) is 0 Å². The number of likely N-dealkylation sites (tertiary alicyclic amines) is 1. The van der Waals surface area contributed by atoms with Gasteiger partial charge in [0.2, 0.25) is 11.8 Å². The van der Waals surface area contributed by atoms with Crippen LogP contribution in [0.2, 0.25) is 0 Å². The topological polar surface area (TPSA) is 124 Å². The number of rotatable bonds is 5. The van der Waals surface area contributed by atoms with E-state index in [1.807, 2.05) is 0 Å². The summed E-state index contributed by atoms with van der Waals surface area (Å²) < 4.78 is 12.2. The van der Waals surface area contributed by atoms with Gasteiger partial charge in [0.05, 0.1) is 25.6 Å². The second-order valence-corrected chi connectivity index (χ2v) is 9.33. The summed E-state index contributed by atoms with van der Waals surface area (Å²) in [6.07, 6.45) is 4.34. The van der Waals surface area contributed by atoms with Crippen LogP contribution < -0.4 is 15.0 Å². The summed E-state index contributed by atoms with van der Waals surface area (Å²) in [6, 6.07) is 6.45. The highest BCUT2D eigenvalue weighted by atomic mass is 16.6. The van der Waals surface area contributed by atoms with E-state index in [9.17, 15) is 24.5 Å². The second kappa shape index (κ2) is 9.14. The van der Waals surface area contributed by atoms with Crippen LogP contribution in [0.3, 0.4) is 0 Å². The Balaban J connectivity index is 1.32. The molecule has 3 aliphatic rings. The molecule has 0 spiro atoms. The molecule has 0 saturated carbocycles. The predicted octanol–water partition coefficient (Wildman–Crippen LogP) is 1.77. The van der Waals surface area contributed by atoms with Crippen LogP contribution in [0, 0.1) is 16.0 Å². The molecule has 11 heteroatoms. The molecule has 3 aliphatic heterocycles. The molecular formula is C25H26N4O7. The Kier molecular flexibility index (Phi) is 5.99. The van der Waals surface area contributed by atoms with E-state index < -0.39 is 16.2 Å². The molecule has 11 nitrogen and oxygen atoms in total. The van der Waals surface area contributed by atoms with E-state index in [-0.39, 0.29) is 36.6 Å². The lowest BCUT2D eigenvalue weighted by atomic mass is 9.83. The van der Waals surface area contributed by atoms with Gasteiger partial charge in [-0.2, -0.15) is 0 Å². The highest BCUT2D eigenvalue weighted by molar-refractivity contribution is 5.89. The lowest BCUT2D eigenvalue weighted by Gasteiger charge is -2.43. The van der Waals surface area contributed by atoms with Crippen molar-refractivity contribution in [2.75, 3.05) is 33.9 Å². The summed E-state index contributed by atoms with van der Waals surface area (Å²) in [5.41, 5.74) is 1.28. The maximum absolute atomic E-state index is 13.3. The molecule has 2 unspecified atom stereocenters. The third-order valence-corrected chi connectivity index (χ3v) is 7.18. The number of benzene rings is 1. The summed E-state index contributed by atoms with van der Waals surface area (Å²) in [5.74, 6) is 0.636. The fourth-order valence-electron chi connectivity index (χ4n) is 5.43. The first kappa shape index (κ1) is 23.6. The number of amides is 2. The highest BCUT2D eigenvalue weighted by Gasteiger charge is 2.38. The summed E-state index contributed by atoms with van der Waals surface area (Å²) in [5, 5.41) is 11.2. The van der Waals surface area contributed by atoms with E-state index in [2.05, 4.69) is 0 Å². The standard InChI is InChI=1S/C25H26N4O7/c1-35-21-8-16-5-6-26(23(30)10-17(16)9-22(21)36-2)14-24(31)27-11-15-7-18(13-27)19-3-4-20(29(33)34)25(32)28(19)12-15/h3-6,8-9,15,18H,7,10-14H2,1-2H3. The van der Waals surface area contributed by atoms with Crippen LogP contribution in [0.5, 0.6) is 11.5 Å². The number of carbonyl (C=O) groups excluding carboxylic acids is 2. The van der Waals surface area contributed by atoms with Gasteiger partial charge in [-0.15, -0.1) is 0 Å². The summed E-state index contributed by atoms with van der Waals surface area (Å²) in [6.45, 7) is 1.07. The third-order valence-electron chi connectivity index (χ3n) is 7.18. The Morgan fingerprint density at radius 2 is 1.86 bits per heavy atom. The number of hydrogen-bond acceptors (Lipinski definition) is 7. The third kappa shape index (κ3) is 4.10. The molecule has 2 aromatic rings. The number of ether oxygens (including phenoxy) is 2. The number of nitrogens with zero attached hydrogens (tertiary/aromatic N) is 4. The van der Waals surface area contributed by atoms with Gasteiger partial charge in [0.1, 0.15) is 6.54 Å². The zero-order chi connectivity index (χ0) is 25.6. The largest absolute Gasteiger partial charge is 0.493 e. The predicted molar refractivity (Wildman–Crippen MR) is 129 cm³/mol. The van der Waals surface area contributed by atoms with E-state index in [4.69, 9.17) is 9.47 Å². The number of aromatic nitrogens is 1. The normalized spacial score (nSPS) is 20.3. The first-order valence-electron chi connectivity index (χ1n) is 11.7. The van der Waals surface area contributed by atoms with Crippen molar-refractivity contribution in [1.82, 2.24) is 14.4 Å². The summed E-state index contributed by atoms with van der Waals surface area (Å²) >= 11 is 0. The Labute approximate surface area is 206 Å². The van der Waals surface area contributed by atoms with Gasteiger partial charge in [0.25, 0.3) is 0 Å². The number of nitro groups is 1. The quantitative estimate of drug-likeness (QED) is 0.458. The molecule has 0 radical (unpaired) electrons. The zero-order valence-electron chi connectivity index (χ0n) is 20.0. The number of carbonyl (C=O) groups is 2. The maximum Gasteiger partial charge on any atom is 0.334 e. The van der Waals surface area contributed by atoms with Crippen molar-refractivity contribution in [3.63, 3.8) is 0 Å². The fourth-order valence-corrected chi connectivity index (χ4v) is 5.43. The smallest absolute Gasteiger partial charge is 0.334 e. The van der Waals surface area contributed by atoms with Crippen molar-refractivity contribution in [1.29, 1.82) is 0 Å². The first-order chi connectivity index (χ1) is 17.3. The Hall–Kier alpha value is -4.15. The van der Waals surface area contributed by atoms with Gasteiger partial charge in [-0.3, -0.25) is 24.5 Å². The van der Waals surface area contributed by atoms with Crippen molar-refractivity contribution in [3.05, 3.63) is 67.8 Å². The van der Waals surface area contributed by atoms with Crippen molar-refractivity contribution < 1.29 is 24.0 Å². The average molecular weight is 495 g/mol. The van der Waals surface area contributed by atoms with Crippen LogP contribution in [0.25, 0.3) is 6.08 Å². The summed E-state index contributed by atoms with van der Waals surface area (Å²) in [7, 11) is 3.08. The van der Waals surface area contributed by atoms with Gasteiger partial charge in [-0.05, 0) is 47.7 Å². The van der Waals surface area contributed by atoms with E-state index in [0.29, 0.717) is 36.8 Å². The molecule has 1 fully saturated rings. The first-order valence-corrected chi connectivity index (χ1v) is 11.7. The van der Waals surface area contributed by atoms with E-state index in [1.165, 1.54) is 22.6 Å². The average Bonchev–Trinajstić information content (AvgIpc) is 3.01. The Morgan fingerprint density at radius 3 is 2.58 bits per heavy atom. The zero-order valence-corrected chi connectivity index (χ0v) is 20.0. The Bertz CT molecular complexity index is 1350. The van der Waals surface area contributed by atoms with Gasteiger partial charge in [0.15, 0.2) is 11.5 Å². The van der Waals surface area contributed by atoms with Crippen molar-refractivity contribution in [2.45, 2.75) is 25.3 Å². The molecule has 2 atom stereocenters. The van der Waals surface area contributed by atoms with Gasteiger partial charge in [-0.25, -0.2) is 0 Å². The maximum atomic E-state index is 13.3. The van der Waals surface area contributed by atoms with Crippen LogP contribution in [-0.2, 0) is 22.6 Å². The minimum Gasteiger partial charge on any atom is -0.493 e. The molecule has 1 aromatic heterocycles. The van der Waals surface area contributed by atoms with Crippen LogP contribution in [0.15, 0.2) is 35.3 Å². The van der Waals surface area contributed by atoms with Crippen molar-refractivity contribution >= 4 is 23.6 Å². The minimum absolute atomic E-state index is 0.0134. The van der Waals surface area contributed by atoms with Crippen molar-refractivity contribution in [2.24, 2.45) is 5.92 Å². The van der Waals surface area contributed by atoms with Crippen molar-refractivity contribution in [3.8, 4) is 11.5 Å². The minimum atomic E-state index is -0.661. The van der Waals surface area contributed by atoms with E-state index >= 15 is 0 Å². The number of methoxy groups -OCH3 is 2. The SMILES string of the molecule is COc1cc2c(cc1OC)CC(=O)N(CC(=O)N1CC3CC(C1)c1ccc([N+](=O)[O-])c(=O)n1C3)C=C2. The molecule has 4 heterocycles. The molecule has 36 heavy (non-hydrogen) atoms. The molecule has 0 N–H and O–H groups in total. The monoisotopic (exact) mass is 494 g/mol. The van der Waals surface area contributed by atoms with Crippen LogP contribution in [0.1, 0.15) is 29.2 Å². The van der Waals surface area contributed by atoms with Gasteiger partial charge in [0, 0.05) is 43.5 Å². The number of piperidine rings is 1. The molecule has 2 bridgehead atoms. The Morgan fingerprint density at radius 1 is 1.11 bits per heavy atom. The molecule has 1 saturated heterocycles. The molecule has 0 aliphatic carbocycles. The van der Waals surface area contributed by atoms with E-state index in [0.717, 1.165) is 17.5 Å². The van der Waals surface area contributed by atoms with Gasteiger partial charge >= 0.3 is 11.2 Å². The molecular weight excluding hydrogens is 468 g/mol. The number of pyridine rings is 1. The highest BCUT2D eigenvalue weighted by Crippen LogP contribution is 2.36. The van der Waals surface area contributed by atoms with Crippen LogP contribution >= 0.6 is 0 Å². The molecule has 1 aromatic carbocycles. The van der Waals surface area contributed by atoms with Crippen LogP contribution in [-0.4, -0.2) is 65.0 Å². The molecule has 2 amide bonds. The lowest BCUT2D eigenvalue weighted by molar-refractivity contribution is -0.386. The van der Waals surface area contributed by atoms with Gasteiger partial charge < -0.3 is 23.8 Å². The molecule has 5 rings (SSSR count). The number of hydrogen-bond donors (Lipinski definition) is 0. The van der Waals surface area contributed by atoms with E-state index in [1.54, 1.807) is 42.5 Å². The summed E-state index contributed by atoms with van der Waals surface area (Å²) in [4.78, 5) is 52.5. The second-order valence-electron chi connectivity index (χ2n) is 9.33. The fraction of sp³-hybridized carbons (Fsp3) is 0.400. The van der Waals surface area contributed by atoms with Crippen LogP contribution in [0.4, 0.5) is 5.69 Å². The number of fused-ring (bicyclic) bond motifs is 5. The lowest BCUT2D eigenvalue weighted by Crippen LogP contribution is -2.51.